The first-order valence-corrected chi connectivity index (χ1v) is 10.8. The molecule has 0 unspecified atom stereocenters. The maximum absolute atomic E-state index is 11.9. The maximum Gasteiger partial charge on any atom is 0.254 e. The lowest BCUT2D eigenvalue weighted by Gasteiger charge is -2.12. The van der Waals surface area contributed by atoms with Gasteiger partial charge in [-0.3, -0.25) is 14.9 Å². The zero-order valence-corrected chi connectivity index (χ0v) is 18.1. The van der Waals surface area contributed by atoms with Crippen LogP contribution in [0.1, 0.15) is 30.4 Å². The molecule has 1 aliphatic carbocycles. The Morgan fingerprint density at radius 2 is 2.03 bits per heavy atom. The number of halogens is 1. The number of imide groups is 1. The molecule has 2 amide bonds. The average Bonchev–Trinajstić information content (AvgIpc) is 3.36. The summed E-state index contributed by atoms with van der Waals surface area (Å²) in [7, 11) is 0. The van der Waals surface area contributed by atoms with Crippen LogP contribution in [0, 0.1) is 3.57 Å². The molecule has 1 saturated carbocycles. The summed E-state index contributed by atoms with van der Waals surface area (Å²) in [6.07, 6.45) is 5.71. The summed E-state index contributed by atoms with van der Waals surface area (Å²) in [6.45, 7) is 0.643. The van der Waals surface area contributed by atoms with Crippen LogP contribution >= 0.6 is 22.6 Å². The summed E-state index contributed by atoms with van der Waals surface area (Å²) < 4.78 is 2.94. The summed E-state index contributed by atoms with van der Waals surface area (Å²) in [6, 6.07) is 10.7. The second kappa shape index (κ2) is 7.71. The lowest BCUT2D eigenvalue weighted by molar-refractivity contribution is -0.124. The van der Waals surface area contributed by atoms with Crippen molar-refractivity contribution in [3.63, 3.8) is 0 Å². The zero-order chi connectivity index (χ0) is 20.7. The van der Waals surface area contributed by atoms with Crippen molar-refractivity contribution >= 4 is 57.8 Å². The molecule has 5 rings (SSSR count). The fourth-order valence-electron chi connectivity index (χ4n) is 3.32. The largest absolute Gasteiger partial charge is 0.367 e. The fraction of sp³-hybridized carbons (Fsp3) is 0.238. The number of anilines is 2. The van der Waals surface area contributed by atoms with Gasteiger partial charge >= 0.3 is 0 Å². The van der Waals surface area contributed by atoms with Gasteiger partial charge in [-0.25, -0.2) is 4.98 Å². The molecule has 2 aliphatic rings. The summed E-state index contributed by atoms with van der Waals surface area (Å²) in [4.78, 5) is 28.2. The van der Waals surface area contributed by atoms with E-state index in [9.17, 15) is 9.59 Å². The molecule has 1 saturated heterocycles. The van der Waals surface area contributed by atoms with Gasteiger partial charge in [-0.1, -0.05) is 12.1 Å². The minimum absolute atomic E-state index is 0.0775. The van der Waals surface area contributed by atoms with Crippen molar-refractivity contribution in [3.8, 4) is 0 Å². The van der Waals surface area contributed by atoms with Gasteiger partial charge in [0.2, 0.25) is 5.91 Å². The van der Waals surface area contributed by atoms with Crippen molar-refractivity contribution in [1.29, 1.82) is 0 Å². The highest BCUT2D eigenvalue weighted by molar-refractivity contribution is 14.1. The summed E-state index contributed by atoms with van der Waals surface area (Å²) in [5, 5.41) is 13.6. The molecule has 1 aliphatic heterocycles. The highest BCUT2D eigenvalue weighted by Gasteiger charge is 2.25. The quantitative estimate of drug-likeness (QED) is 0.266. The lowest BCUT2D eigenvalue weighted by atomic mass is 10.1. The first kappa shape index (κ1) is 19.0. The molecule has 9 heteroatoms. The van der Waals surface area contributed by atoms with Gasteiger partial charge in [0.05, 0.1) is 12.6 Å². The highest BCUT2D eigenvalue weighted by atomic mass is 127. The van der Waals surface area contributed by atoms with Crippen molar-refractivity contribution < 1.29 is 9.59 Å². The Bertz CT molecular complexity index is 1180. The Morgan fingerprint density at radius 1 is 1.23 bits per heavy atom. The number of hydrogen-bond acceptors (Lipinski definition) is 6. The zero-order valence-electron chi connectivity index (χ0n) is 16.0. The number of nitrogens with one attached hydrogen (secondary N) is 3. The minimum Gasteiger partial charge on any atom is -0.367 e. The number of fused-ring (bicyclic) bond motifs is 1. The van der Waals surface area contributed by atoms with Gasteiger partial charge in [0.15, 0.2) is 5.65 Å². The smallest absolute Gasteiger partial charge is 0.254 e. The standard InChI is InChI=1S/C21H19IN6O2/c22-15-3-1-12(2-4-15)10-23-17-9-18(25-16-5-6-16)28-20(26-17)14(11-24-28)7-13-8-19(29)27-21(13)30/h1-4,7,9,11,16,25H,5-6,8,10H2,(H,23,26)(H,27,29,30)/b13-7+. The summed E-state index contributed by atoms with van der Waals surface area (Å²) >= 11 is 2.29. The molecular weight excluding hydrogens is 495 g/mol. The molecule has 8 nitrogen and oxygen atoms in total. The van der Waals surface area contributed by atoms with E-state index in [0.717, 1.165) is 30.0 Å². The molecular formula is C21H19IN6O2. The van der Waals surface area contributed by atoms with Gasteiger partial charge in [0, 0.05) is 33.4 Å². The third kappa shape index (κ3) is 4.02. The third-order valence-corrected chi connectivity index (χ3v) is 5.76. The maximum atomic E-state index is 11.9. The number of benzene rings is 1. The Morgan fingerprint density at radius 3 is 2.73 bits per heavy atom. The normalized spacial score (nSPS) is 17.6. The molecule has 0 spiro atoms. The van der Waals surface area contributed by atoms with Crippen LogP contribution in [0.15, 0.2) is 42.1 Å². The van der Waals surface area contributed by atoms with Crippen LogP contribution in [-0.2, 0) is 16.1 Å². The van der Waals surface area contributed by atoms with Crippen LogP contribution in [-0.4, -0.2) is 32.5 Å². The number of hydrogen-bond donors (Lipinski definition) is 3. The number of carbonyl (C=O) groups excluding carboxylic acids is 2. The van der Waals surface area contributed by atoms with E-state index < -0.39 is 0 Å². The van der Waals surface area contributed by atoms with Crippen molar-refractivity contribution in [1.82, 2.24) is 19.9 Å². The monoisotopic (exact) mass is 514 g/mol. The van der Waals surface area contributed by atoms with Crippen LogP contribution in [0.5, 0.6) is 0 Å². The molecule has 2 aromatic heterocycles. The number of aromatic nitrogens is 3. The highest BCUT2D eigenvalue weighted by Crippen LogP contribution is 2.28. The fourth-order valence-corrected chi connectivity index (χ4v) is 3.67. The van der Waals surface area contributed by atoms with Crippen LogP contribution in [0.25, 0.3) is 11.7 Å². The second-order valence-electron chi connectivity index (χ2n) is 7.48. The van der Waals surface area contributed by atoms with Crippen LogP contribution in [0.2, 0.25) is 0 Å². The van der Waals surface area contributed by atoms with Gasteiger partial charge in [0.25, 0.3) is 5.91 Å². The van der Waals surface area contributed by atoms with E-state index in [2.05, 4.69) is 67.9 Å². The van der Waals surface area contributed by atoms with Gasteiger partial charge < -0.3 is 10.6 Å². The van der Waals surface area contributed by atoms with Crippen LogP contribution in [0.4, 0.5) is 11.6 Å². The van der Waals surface area contributed by atoms with Crippen molar-refractivity contribution in [2.45, 2.75) is 31.8 Å². The van der Waals surface area contributed by atoms with E-state index in [-0.39, 0.29) is 18.2 Å². The first-order chi connectivity index (χ1) is 14.5. The van der Waals surface area contributed by atoms with Crippen molar-refractivity contribution in [2.24, 2.45) is 0 Å². The minimum atomic E-state index is -0.358. The summed E-state index contributed by atoms with van der Waals surface area (Å²) in [5.74, 6) is 0.927. The Kier molecular flexibility index (Phi) is 4.89. The topological polar surface area (TPSA) is 100 Å². The number of amides is 2. The molecule has 0 atom stereocenters. The van der Waals surface area contributed by atoms with Crippen LogP contribution in [0.3, 0.4) is 0 Å². The second-order valence-corrected chi connectivity index (χ2v) is 8.73. The van der Waals surface area contributed by atoms with Gasteiger partial charge in [-0.15, -0.1) is 0 Å². The van der Waals surface area contributed by atoms with Gasteiger partial charge in [0.1, 0.15) is 11.6 Å². The van der Waals surface area contributed by atoms with E-state index in [1.165, 1.54) is 3.57 Å². The predicted molar refractivity (Wildman–Crippen MR) is 122 cm³/mol. The summed E-state index contributed by atoms with van der Waals surface area (Å²) in [5.41, 5.74) is 2.91. The molecule has 2 fully saturated rings. The third-order valence-electron chi connectivity index (χ3n) is 5.04. The molecule has 3 aromatic rings. The molecule has 152 valence electrons. The SMILES string of the molecule is O=C1C/C(=C\c2cnn3c(NC4CC4)cc(NCc4ccc(I)cc4)nc23)C(=O)N1. The van der Waals surface area contributed by atoms with Crippen molar-refractivity contribution in [2.75, 3.05) is 10.6 Å². The van der Waals surface area contributed by atoms with E-state index in [1.54, 1.807) is 16.8 Å². The molecule has 30 heavy (non-hydrogen) atoms. The molecule has 1 aromatic carbocycles. The average molecular weight is 514 g/mol. The molecule has 3 N–H and O–H groups in total. The molecule has 0 radical (unpaired) electrons. The van der Waals surface area contributed by atoms with E-state index >= 15 is 0 Å². The van der Waals surface area contributed by atoms with Gasteiger partial charge in [-0.05, 0) is 59.2 Å². The van der Waals surface area contributed by atoms with Crippen LogP contribution < -0.4 is 16.0 Å². The number of rotatable bonds is 6. The molecule has 3 heterocycles. The van der Waals surface area contributed by atoms with Crippen molar-refractivity contribution in [3.05, 3.63) is 56.8 Å². The first-order valence-electron chi connectivity index (χ1n) is 9.73. The lowest BCUT2D eigenvalue weighted by Crippen LogP contribution is -2.19. The molecule has 0 bridgehead atoms. The number of nitrogens with zero attached hydrogens (tertiary/aromatic N) is 3. The number of carbonyl (C=O) groups is 2. The Labute approximate surface area is 186 Å². The van der Waals surface area contributed by atoms with E-state index in [4.69, 9.17) is 4.98 Å². The van der Waals surface area contributed by atoms with Gasteiger partial charge in [-0.2, -0.15) is 9.61 Å². The van der Waals surface area contributed by atoms with E-state index in [0.29, 0.717) is 29.4 Å². The van der Waals surface area contributed by atoms with E-state index in [1.807, 2.05) is 6.07 Å². The Hall–Kier alpha value is -2.95. The predicted octanol–water partition coefficient (Wildman–Crippen LogP) is 2.95. The Balaban J connectivity index is 1.49.